The molecule has 0 radical (unpaired) electrons. The van der Waals surface area contributed by atoms with Crippen molar-refractivity contribution in [3.05, 3.63) is 16.3 Å². The van der Waals surface area contributed by atoms with Crippen LogP contribution >= 0.6 is 23.1 Å². The lowest BCUT2D eigenvalue weighted by molar-refractivity contribution is -0.114. The molecule has 1 amide bonds. The maximum atomic E-state index is 11.1. The Hall–Kier alpha value is -0.520. The van der Waals surface area contributed by atoms with Gasteiger partial charge in [0.1, 0.15) is 0 Å². The lowest BCUT2D eigenvalue weighted by Crippen LogP contribution is -2.26. The Morgan fingerprint density at radius 1 is 1.56 bits per heavy atom. The number of carbonyl (C=O) groups excluding carboxylic acids is 1. The van der Waals surface area contributed by atoms with E-state index in [0.717, 1.165) is 17.5 Å². The minimum absolute atomic E-state index is 0.00189. The summed E-state index contributed by atoms with van der Waals surface area (Å²) in [4.78, 5) is 12.3. The van der Waals surface area contributed by atoms with Gasteiger partial charge in [-0.15, -0.1) is 11.3 Å². The molecule has 100 valence electrons. The Balaban J connectivity index is 1.83. The number of thioether (sulfide) groups is 1. The van der Waals surface area contributed by atoms with Gasteiger partial charge < -0.3 is 10.6 Å². The molecule has 0 spiro atoms. The standard InChI is InChI=1S/C13H20N2OS2/c1-9(16)15-12-5-6-18-13(12)8-14-10-3-4-11(7-10)17-2/h5-6,10-11,14H,3-4,7-8H2,1-2H3,(H,15,16). The summed E-state index contributed by atoms with van der Waals surface area (Å²) in [5, 5.41) is 9.33. The molecule has 2 rings (SSSR count). The fraction of sp³-hybridized carbons (Fsp3) is 0.615. The quantitative estimate of drug-likeness (QED) is 0.873. The van der Waals surface area contributed by atoms with Gasteiger partial charge in [-0.3, -0.25) is 4.79 Å². The first-order chi connectivity index (χ1) is 8.69. The Labute approximate surface area is 117 Å². The van der Waals surface area contributed by atoms with Gasteiger partial charge in [-0.05, 0) is 37.0 Å². The van der Waals surface area contributed by atoms with Gasteiger partial charge in [0, 0.05) is 29.6 Å². The van der Waals surface area contributed by atoms with Crippen molar-refractivity contribution in [2.45, 2.75) is 44.0 Å². The van der Waals surface area contributed by atoms with E-state index in [4.69, 9.17) is 0 Å². The number of carbonyl (C=O) groups is 1. The molecule has 2 unspecified atom stereocenters. The van der Waals surface area contributed by atoms with Gasteiger partial charge in [-0.1, -0.05) is 0 Å². The molecular weight excluding hydrogens is 264 g/mol. The maximum Gasteiger partial charge on any atom is 0.221 e. The molecule has 1 aliphatic carbocycles. The van der Waals surface area contributed by atoms with E-state index in [1.165, 1.54) is 24.1 Å². The SMILES string of the molecule is CSC1CCC(NCc2sccc2NC(C)=O)C1. The summed E-state index contributed by atoms with van der Waals surface area (Å²) < 4.78 is 0. The van der Waals surface area contributed by atoms with Crippen LogP contribution in [0.5, 0.6) is 0 Å². The summed E-state index contributed by atoms with van der Waals surface area (Å²) in [6, 6.07) is 2.61. The molecule has 1 heterocycles. The Kier molecular flexibility index (Phi) is 5.09. The average Bonchev–Trinajstić information content (AvgIpc) is 2.94. The van der Waals surface area contributed by atoms with Crippen molar-refractivity contribution in [1.82, 2.24) is 5.32 Å². The smallest absolute Gasteiger partial charge is 0.221 e. The average molecular weight is 284 g/mol. The molecule has 0 saturated heterocycles. The van der Waals surface area contributed by atoms with Crippen LogP contribution in [0.15, 0.2) is 11.4 Å². The van der Waals surface area contributed by atoms with Crippen molar-refractivity contribution in [3.8, 4) is 0 Å². The highest BCUT2D eigenvalue weighted by Crippen LogP contribution is 2.29. The molecule has 1 aliphatic rings. The Morgan fingerprint density at radius 2 is 2.39 bits per heavy atom. The van der Waals surface area contributed by atoms with E-state index in [-0.39, 0.29) is 5.91 Å². The Morgan fingerprint density at radius 3 is 3.06 bits per heavy atom. The molecule has 1 saturated carbocycles. The number of rotatable bonds is 5. The van der Waals surface area contributed by atoms with Crippen LogP contribution in [0, 0.1) is 0 Å². The third-order valence-electron chi connectivity index (χ3n) is 3.33. The summed E-state index contributed by atoms with van der Waals surface area (Å²) in [6.45, 7) is 2.41. The van der Waals surface area contributed by atoms with Gasteiger partial charge in [0.25, 0.3) is 0 Å². The number of thiophene rings is 1. The van der Waals surface area contributed by atoms with E-state index in [2.05, 4.69) is 16.9 Å². The maximum absolute atomic E-state index is 11.1. The second kappa shape index (κ2) is 6.59. The van der Waals surface area contributed by atoms with E-state index in [1.807, 2.05) is 23.2 Å². The van der Waals surface area contributed by atoms with Crippen LogP contribution in [0.1, 0.15) is 31.1 Å². The van der Waals surface area contributed by atoms with Crippen molar-refractivity contribution in [2.75, 3.05) is 11.6 Å². The number of hydrogen-bond donors (Lipinski definition) is 2. The zero-order valence-corrected chi connectivity index (χ0v) is 12.5. The number of amides is 1. The van der Waals surface area contributed by atoms with Gasteiger partial charge in [0.05, 0.1) is 5.69 Å². The first-order valence-corrected chi connectivity index (χ1v) is 8.46. The van der Waals surface area contributed by atoms with E-state index >= 15 is 0 Å². The van der Waals surface area contributed by atoms with Crippen LogP contribution in [-0.2, 0) is 11.3 Å². The highest BCUT2D eigenvalue weighted by molar-refractivity contribution is 7.99. The molecule has 0 aromatic carbocycles. The van der Waals surface area contributed by atoms with Crippen LogP contribution in [0.2, 0.25) is 0 Å². The predicted molar refractivity (Wildman–Crippen MR) is 80.4 cm³/mol. The van der Waals surface area contributed by atoms with Gasteiger partial charge in [0.15, 0.2) is 0 Å². The zero-order valence-electron chi connectivity index (χ0n) is 10.9. The topological polar surface area (TPSA) is 41.1 Å². The van der Waals surface area contributed by atoms with Crippen LogP contribution < -0.4 is 10.6 Å². The zero-order chi connectivity index (χ0) is 13.0. The first kappa shape index (κ1) is 13.9. The van der Waals surface area contributed by atoms with Gasteiger partial charge >= 0.3 is 0 Å². The predicted octanol–water partition coefficient (Wildman–Crippen LogP) is 3.08. The first-order valence-electron chi connectivity index (χ1n) is 6.29. The fourth-order valence-corrected chi connectivity index (χ4v) is 3.93. The lowest BCUT2D eigenvalue weighted by atomic mass is 10.2. The third-order valence-corrected chi connectivity index (χ3v) is 5.34. The van der Waals surface area contributed by atoms with E-state index < -0.39 is 0 Å². The van der Waals surface area contributed by atoms with Crippen molar-refractivity contribution >= 4 is 34.7 Å². The van der Waals surface area contributed by atoms with Crippen LogP contribution in [0.25, 0.3) is 0 Å². The van der Waals surface area contributed by atoms with E-state index in [9.17, 15) is 4.79 Å². The van der Waals surface area contributed by atoms with Crippen molar-refractivity contribution in [3.63, 3.8) is 0 Å². The molecule has 2 N–H and O–H groups in total. The molecule has 1 fully saturated rings. The number of nitrogens with one attached hydrogen (secondary N) is 2. The summed E-state index contributed by atoms with van der Waals surface area (Å²) in [7, 11) is 0. The van der Waals surface area contributed by atoms with Crippen molar-refractivity contribution in [1.29, 1.82) is 0 Å². The fourth-order valence-electron chi connectivity index (χ4n) is 2.36. The highest BCUT2D eigenvalue weighted by atomic mass is 32.2. The normalized spacial score (nSPS) is 23.2. The summed E-state index contributed by atoms with van der Waals surface area (Å²) >= 11 is 3.68. The van der Waals surface area contributed by atoms with Gasteiger partial charge in [-0.25, -0.2) is 0 Å². The van der Waals surface area contributed by atoms with Crippen LogP contribution in [0.4, 0.5) is 5.69 Å². The van der Waals surface area contributed by atoms with Crippen LogP contribution in [0.3, 0.4) is 0 Å². The van der Waals surface area contributed by atoms with Gasteiger partial charge in [-0.2, -0.15) is 11.8 Å². The molecule has 1 aromatic rings. The minimum atomic E-state index is -0.00189. The van der Waals surface area contributed by atoms with E-state index in [0.29, 0.717) is 6.04 Å². The summed E-state index contributed by atoms with van der Waals surface area (Å²) in [6.07, 6.45) is 6.05. The minimum Gasteiger partial charge on any atom is -0.325 e. The second-order valence-corrected chi connectivity index (χ2v) is 6.83. The van der Waals surface area contributed by atoms with Crippen molar-refractivity contribution < 1.29 is 4.79 Å². The molecule has 5 heteroatoms. The van der Waals surface area contributed by atoms with Crippen LogP contribution in [-0.4, -0.2) is 23.5 Å². The third kappa shape index (κ3) is 3.73. The lowest BCUT2D eigenvalue weighted by Gasteiger charge is -2.13. The van der Waals surface area contributed by atoms with Crippen molar-refractivity contribution in [2.24, 2.45) is 0 Å². The largest absolute Gasteiger partial charge is 0.325 e. The van der Waals surface area contributed by atoms with E-state index in [1.54, 1.807) is 18.3 Å². The molecule has 1 aromatic heterocycles. The Bertz CT molecular complexity index is 405. The monoisotopic (exact) mass is 284 g/mol. The second-order valence-electron chi connectivity index (χ2n) is 4.69. The molecule has 18 heavy (non-hydrogen) atoms. The molecule has 3 nitrogen and oxygen atoms in total. The summed E-state index contributed by atoms with van der Waals surface area (Å²) in [5.74, 6) is -0.00189. The molecular formula is C13H20N2OS2. The number of hydrogen-bond acceptors (Lipinski definition) is 4. The number of anilines is 1. The summed E-state index contributed by atoms with van der Waals surface area (Å²) in [5.41, 5.74) is 0.958. The molecule has 0 aliphatic heterocycles. The molecule has 2 atom stereocenters. The van der Waals surface area contributed by atoms with Gasteiger partial charge in [0.2, 0.25) is 5.91 Å². The molecule has 0 bridgehead atoms. The highest BCUT2D eigenvalue weighted by Gasteiger charge is 2.23.